The van der Waals surface area contributed by atoms with Crippen molar-refractivity contribution in [3.05, 3.63) is 220 Å². The van der Waals surface area contributed by atoms with Crippen molar-refractivity contribution in [1.29, 1.82) is 0 Å². The Bertz CT molecular complexity index is 4180. The molecule has 0 spiro atoms. The Morgan fingerprint density at radius 3 is 1.74 bits per heavy atom. The van der Waals surface area contributed by atoms with Crippen LogP contribution in [0.1, 0.15) is 55.6 Å². The van der Waals surface area contributed by atoms with Crippen molar-refractivity contribution in [2.24, 2.45) is 0 Å². The molecule has 0 aliphatic heterocycles. The number of aromatic nitrogens is 5. The maximum absolute atomic E-state index is 13.2. The molecule has 0 bridgehead atoms. The normalized spacial score (nSPS) is 11.4. The zero-order valence-electron chi connectivity index (χ0n) is 40.9. The van der Waals surface area contributed by atoms with Gasteiger partial charge < -0.3 is 19.7 Å². The molecule has 11 nitrogen and oxygen atoms in total. The summed E-state index contributed by atoms with van der Waals surface area (Å²) in [6.07, 6.45) is 8.79. The number of carboxylic acids is 2. The van der Waals surface area contributed by atoms with Crippen LogP contribution < -0.4 is 9.47 Å². The number of carboxylic acid groups (broad SMARTS) is 2. The van der Waals surface area contributed by atoms with Crippen LogP contribution in [0.3, 0.4) is 0 Å². The number of carbonyl (C=O) groups is 2. The van der Waals surface area contributed by atoms with E-state index in [0.717, 1.165) is 75.9 Å². The summed E-state index contributed by atoms with van der Waals surface area (Å²) in [6.45, 7) is 2.44. The van der Waals surface area contributed by atoms with Gasteiger partial charge in [0.15, 0.2) is 0 Å². The maximum Gasteiger partial charge on any atom is 0.336 e. The van der Waals surface area contributed by atoms with Gasteiger partial charge in [-0.25, -0.2) is 19.6 Å². The van der Waals surface area contributed by atoms with Crippen LogP contribution in [0.2, 0.25) is 0 Å². The molecular weight excluding hydrogens is 987 g/mol. The van der Waals surface area contributed by atoms with E-state index >= 15 is 0 Å². The number of nitrogens with zero attached hydrogens (tertiary/aromatic N) is 5. The molecular formula is C63H45N5O6S2. The third kappa shape index (κ3) is 9.27. The number of fused-ring (bicyclic) bond motifs is 4. The topological polar surface area (TPSA) is 158 Å². The Kier molecular flexibility index (Phi) is 13.0. The Hall–Kier alpha value is -9.17. The number of rotatable bonds is 16. The van der Waals surface area contributed by atoms with Gasteiger partial charge in [-0.15, -0.1) is 22.7 Å². The van der Waals surface area contributed by atoms with Gasteiger partial charge in [0.2, 0.25) is 0 Å². The molecule has 12 aromatic rings. The van der Waals surface area contributed by atoms with Gasteiger partial charge in [0.25, 0.3) is 0 Å². The molecule has 0 radical (unpaired) electrons. The standard InChI is InChI=1S/C63H45N5O6S2/c1-2-38-22-25-54(58-47(62(69)70)28-51(67-60(38)58)49-35-75-56-15-7-5-13-45(49)56)73-33-37-17-19-39(20-18-37)53-32-65-43(31-66-53)24-21-40-23-26-55(74-34-42-10-3-4-12-44(42)41-11-9-27-64-30-41)59-48(63(71)72)29-52(68-61(40)59)50-36-76-57-16-8-6-14-46(50)57/h3-20,22-23,25-32,35-36H,2,21,24,33-34H2,1H3,(H,69,70)(H,71,72). The Balaban J connectivity index is 0.789. The van der Waals surface area contributed by atoms with Gasteiger partial charge in [-0.2, -0.15) is 0 Å². The second-order valence-electron chi connectivity index (χ2n) is 18.3. The molecule has 6 heterocycles. The number of aromatic carboxylic acids is 2. The lowest BCUT2D eigenvalue weighted by Crippen LogP contribution is -2.06. The quantitative estimate of drug-likeness (QED) is 0.0949. The lowest BCUT2D eigenvalue weighted by molar-refractivity contribution is 0.0688. The number of ether oxygens (including phenoxy) is 2. The molecule has 12 rings (SSSR count). The number of aryl methyl sites for hydroxylation is 3. The second kappa shape index (κ2) is 20.6. The van der Waals surface area contributed by atoms with E-state index in [4.69, 9.17) is 29.4 Å². The summed E-state index contributed by atoms with van der Waals surface area (Å²) < 4.78 is 15.2. The molecule has 0 fully saturated rings. The van der Waals surface area contributed by atoms with Crippen molar-refractivity contribution in [2.75, 3.05) is 0 Å². The molecule has 6 aromatic carbocycles. The highest BCUT2D eigenvalue weighted by Crippen LogP contribution is 2.41. The van der Waals surface area contributed by atoms with E-state index in [0.29, 0.717) is 69.6 Å². The van der Waals surface area contributed by atoms with Gasteiger partial charge in [0, 0.05) is 71.8 Å². The number of thiophene rings is 2. The summed E-state index contributed by atoms with van der Waals surface area (Å²) in [4.78, 5) is 50.4. The molecule has 0 saturated heterocycles. The van der Waals surface area contributed by atoms with E-state index in [2.05, 4.69) is 17.1 Å². The second-order valence-corrected chi connectivity index (χ2v) is 20.1. The fourth-order valence-electron chi connectivity index (χ4n) is 9.86. The van der Waals surface area contributed by atoms with Crippen LogP contribution in [0.4, 0.5) is 0 Å². The molecule has 0 aliphatic rings. The van der Waals surface area contributed by atoms with Crippen LogP contribution in [0.25, 0.3) is 86.9 Å². The number of pyridine rings is 3. The van der Waals surface area contributed by atoms with Crippen LogP contribution in [0.5, 0.6) is 11.5 Å². The third-order valence-corrected chi connectivity index (χ3v) is 15.7. The lowest BCUT2D eigenvalue weighted by Gasteiger charge is -2.17. The smallest absolute Gasteiger partial charge is 0.336 e. The van der Waals surface area contributed by atoms with Gasteiger partial charge in [-0.3, -0.25) is 15.0 Å². The molecule has 2 N–H and O–H groups in total. The zero-order chi connectivity index (χ0) is 51.7. The van der Waals surface area contributed by atoms with Gasteiger partial charge in [0.05, 0.1) is 61.9 Å². The van der Waals surface area contributed by atoms with Crippen LogP contribution in [0.15, 0.2) is 181 Å². The van der Waals surface area contributed by atoms with Crippen molar-refractivity contribution in [3.63, 3.8) is 0 Å². The van der Waals surface area contributed by atoms with Gasteiger partial charge in [-0.05, 0) is 89.5 Å². The summed E-state index contributed by atoms with van der Waals surface area (Å²) in [5.41, 5.74) is 12.3. The minimum atomic E-state index is -1.08. The molecule has 0 atom stereocenters. The third-order valence-electron chi connectivity index (χ3n) is 13.7. The highest BCUT2D eigenvalue weighted by molar-refractivity contribution is 7.18. The molecule has 0 amide bonds. The first-order chi connectivity index (χ1) is 37.3. The van der Waals surface area contributed by atoms with Gasteiger partial charge in [0.1, 0.15) is 24.7 Å². The molecule has 76 heavy (non-hydrogen) atoms. The number of benzene rings is 6. The fraction of sp³-hybridized carbons (Fsp3) is 0.0952. The van der Waals surface area contributed by atoms with E-state index in [1.807, 2.05) is 145 Å². The minimum absolute atomic E-state index is 0.107. The average Bonchev–Trinajstić information content (AvgIpc) is 4.16. The largest absolute Gasteiger partial charge is 0.488 e. The highest BCUT2D eigenvalue weighted by Gasteiger charge is 2.23. The molecule has 13 heteroatoms. The molecule has 0 aliphatic carbocycles. The van der Waals surface area contributed by atoms with E-state index in [-0.39, 0.29) is 24.3 Å². The Morgan fingerprint density at radius 2 is 1.13 bits per heavy atom. The van der Waals surface area contributed by atoms with E-state index in [1.165, 1.54) is 0 Å². The minimum Gasteiger partial charge on any atom is -0.488 e. The van der Waals surface area contributed by atoms with Crippen molar-refractivity contribution in [1.82, 2.24) is 24.9 Å². The van der Waals surface area contributed by atoms with Gasteiger partial charge >= 0.3 is 11.9 Å². The molecule has 0 unspecified atom stereocenters. The first-order valence-electron chi connectivity index (χ1n) is 24.7. The molecule has 0 saturated carbocycles. The van der Waals surface area contributed by atoms with Crippen molar-refractivity contribution in [2.45, 2.75) is 39.4 Å². The predicted octanol–water partition coefficient (Wildman–Crippen LogP) is 15.0. The molecule has 6 aromatic heterocycles. The summed E-state index contributed by atoms with van der Waals surface area (Å²) in [6, 6.07) is 46.8. The first kappa shape index (κ1) is 47.8. The summed E-state index contributed by atoms with van der Waals surface area (Å²) in [5, 5.41) is 28.4. The highest BCUT2D eigenvalue weighted by atomic mass is 32.1. The predicted molar refractivity (Wildman–Crippen MR) is 302 cm³/mol. The van der Waals surface area contributed by atoms with E-state index in [9.17, 15) is 19.8 Å². The summed E-state index contributed by atoms with van der Waals surface area (Å²) >= 11 is 3.21. The Labute approximate surface area is 444 Å². The van der Waals surface area contributed by atoms with Crippen LogP contribution in [-0.4, -0.2) is 47.1 Å². The average molecular weight is 1030 g/mol. The van der Waals surface area contributed by atoms with Crippen molar-refractivity contribution < 1.29 is 29.3 Å². The first-order valence-corrected chi connectivity index (χ1v) is 26.5. The fourth-order valence-corrected chi connectivity index (χ4v) is 11.8. The Morgan fingerprint density at radius 1 is 0.526 bits per heavy atom. The van der Waals surface area contributed by atoms with Gasteiger partial charge in [-0.1, -0.05) is 110 Å². The zero-order valence-corrected chi connectivity index (χ0v) is 42.6. The number of hydrogen-bond acceptors (Lipinski definition) is 11. The maximum atomic E-state index is 13.2. The van der Waals surface area contributed by atoms with E-state index < -0.39 is 11.9 Å². The van der Waals surface area contributed by atoms with Crippen LogP contribution in [-0.2, 0) is 32.5 Å². The summed E-state index contributed by atoms with van der Waals surface area (Å²) in [7, 11) is 0. The lowest BCUT2D eigenvalue weighted by atomic mass is 9.97. The van der Waals surface area contributed by atoms with Crippen molar-refractivity contribution in [3.8, 4) is 56.4 Å². The molecule has 370 valence electrons. The number of hydrogen-bond donors (Lipinski definition) is 2. The van der Waals surface area contributed by atoms with E-state index in [1.54, 1.807) is 53.4 Å². The monoisotopic (exact) mass is 1030 g/mol. The SMILES string of the molecule is CCc1ccc(OCc2ccc(-c3cnc(CCc4ccc(OCc5ccccc5-c5cccnc5)c5c(C(=O)O)cc(-c6csc7ccccc67)nc45)cn3)cc2)c2c(C(=O)O)cc(-c3csc4ccccc34)nc12. The van der Waals surface area contributed by atoms with Crippen molar-refractivity contribution >= 4 is 76.6 Å². The van der Waals surface area contributed by atoms with Crippen LogP contribution >= 0.6 is 22.7 Å². The van der Waals surface area contributed by atoms with Crippen LogP contribution in [0, 0.1) is 0 Å². The summed E-state index contributed by atoms with van der Waals surface area (Å²) in [5.74, 6) is -1.24.